The van der Waals surface area contributed by atoms with Gasteiger partial charge in [0.2, 0.25) is 0 Å². The van der Waals surface area contributed by atoms with Gasteiger partial charge in [-0.25, -0.2) is 0 Å². The number of carbonyl (C=O) groups excluding carboxylic acids is 1. The summed E-state index contributed by atoms with van der Waals surface area (Å²) in [5, 5.41) is 19.8. The number of Topliss-reactive ketones (excluding diaryl/α,β-unsaturated/α-hetero) is 1. The zero-order chi connectivity index (χ0) is 14.6. The van der Waals surface area contributed by atoms with Gasteiger partial charge in [-0.3, -0.25) is 14.9 Å². The van der Waals surface area contributed by atoms with E-state index in [1.54, 1.807) is 31.0 Å². The third-order valence-electron chi connectivity index (χ3n) is 2.76. The molecule has 1 unspecified atom stereocenters. The maximum absolute atomic E-state index is 11.2. The smallest absolute Gasteiger partial charge is 0.293 e. The predicted molar refractivity (Wildman–Crippen MR) is 71.1 cm³/mol. The van der Waals surface area contributed by atoms with Crippen LogP contribution in [-0.2, 0) is 0 Å². The highest BCUT2D eigenvalue weighted by molar-refractivity contribution is 5.95. The SMILES string of the molecule is CC(=O)c1ccc(N(C)CC(C)C#N)c([N+](=O)[O-])c1. The summed E-state index contributed by atoms with van der Waals surface area (Å²) < 4.78 is 0. The zero-order valence-electron chi connectivity index (χ0n) is 11.1. The molecule has 0 amide bonds. The van der Waals surface area contributed by atoms with Crippen LogP contribution in [0.3, 0.4) is 0 Å². The molecule has 0 radical (unpaired) electrons. The summed E-state index contributed by atoms with van der Waals surface area (Å²) in [7, 11) is 1.68. The van der Waals surface area contributed by atoms with Crippen LogP contribution in [0.5, 0.6) is 0 Å². The van der Waals surface area contributed by atoms with E-state index in [9.17, 15) is 14.9 Å². The normalized spacial score (nSPS) is 11.5. The van der Waals surface area contributed by atoms with E-state index < -0.39 is 4.92 Å². The Kier molecular flexibility index (Phi) is 4.59. The van der Waals surface area contributed by atoms with Crippen LogP contribution in [-0.4, -0.2) is 24.3 Å². The molecule has 0 bridgehead atoms. The molecule has 0 aliphatic heterocycles. The van der Waals surface area contributed by atoms with Crippen molar-refractivity contribution in [1.82, 2.24) is 0 Å². The van der Waals surface area contributed by atoms with Crippen LogP contribution in [0.4, 0.5) is 11.4 Å². The monoisotopic (exact) mass is 261 g/mol. The Hall–Kier alpha value is -2.42. The molecule has 6 nitrogen and oxygen atoms in total. The van der Waals surface area contributed by atoms with Crippen molar-refractivity contribution >= 4 is 17.2 Å². The Morgan fingerprint density at radius 1 is 1.58 bits per heavy atom. The minimum absolute atomic E-state index is 0.125. The number of nitro groups is 1. The second-order valence-electron chi connectivity index (χ2n) is 4.43. The molecular formula is C13H15N3O3. The first-order valence-corrected chi connectivity index (χ1v) is 5.77. The number of hydrogen-bond acceptors (Lipinski definition) is 5. The van der Waals surface area contributed by atoms with E-state index in [0.717, 1.165) is 0 Å². The molecule has 19 heavy (non-hydrogen) atoms. The first-order valence-electron chi connectivity index (χ1n) is 5.77. The van der Waals surface area contributed by atoms with Crippen LogP contribution in [0.15, 0.2) is 18.2 Å². The number of benzene rings is 1. The molecule has 100 valence electrons. The van der Waals surface area contributed by atoms with E-state index in [1.165, 1.54) is 13.0 Å². The first-order chi connectivity index (χ1) is 8.86. The molecule has 0 saturated carbocycles. The number of anilines is 1. The summed E-state index contributed by atoms with van der Waals surface area (Å²) in [6.45, 7) is 3.49. The fourth-order valence-corrected chi connectivity index (χ4v) is 1.76. The topological polar surface area (TPSA) is 87.2 Å². The van der Waals surface area contributed by atoms with Crippen molar-refractivity contribution in [1.29, 1.82) is 5.26 Å². The van der Waals surface area contributed by atoms with E-state index in [4.69, 9.17) is 5.26 Å². The minimum Gasteiger partial charge on any atom is -0.368 e. The molecule has 6 heteroatoms. The Bertz CT molecular complexity index is 549. The fourth-order valence-electron chi connectivity index (χ4n) is 1.76. The van der Waals surface area contributed by atoms with Gasteiger partial charge in [0, 0.05) is 25.2 Å². The van der Waals surface area contributed by atoms with Crippen molar-refractivity contribution in [3.05, 3.63) is 33.9 Å². The van der Waals surface area contributed by atoms with E-state index in [2.05, 4.69) is 6.07 Å². The summed E-state index contributed by atoms with van der Waals surface area (Å²) in [5.74, 6) is -0.459. The lowest BCUT2D eigenvalue weighted by Crippen LogP contribution is -2.24. The van der Waals surface area contributed by atoms with Gasteiger partial charge in [-0.15, -0.1) is 0 Å². The predicted octanol–water partition coefficient (Wildman–Crippen LogP) is 2.39. The maximum Gasteiger partial charge on any atom is 0.293 e. The molecule has 0 aliphatic carbocycles. The van der Waals surface area contributed by atoms with Gasteiger partial charge in [-0.05, 0) is 26.0 Å². The van der Waals surface area contributed by atoms with Crippen molar-refractivity contribution in [3.8, 4) is 6.07 Å². The molecule has 1 aromatic rings. The third-order valence-corrected chi connectivity index (χ3v) is 2.76. The Balaban J connectivity index is 3.17. The van der Waals surface area contributed by atoms with Gasteiger partial charge in [-0.2, -0.15) is 5.26 Å². The van der Waals surface area contributed by atoms with Crippen molar-refractivity contribution in [2.75, 3.05) is 18.5 Å². The molecule has 0 aliphatic rings. The van der Waals surface area contributed by atoms with E-state index >= 15 is 0 Å². The second-order valence-corrected chi connectivity index (χ2v) is 4.43. The highest BCUT2D eigenvalue weighted by Gasteiger charge is 2.20. The number of carbonyl (C=O) groups is 1. The molecule has 0 spiro atoms. The van der Waals surface area contributed by atoms with E-state index in [0.29, 0.717) is 17.8 Å². The molecule has 0 fully saturated rings. The average molecular weight is 261 g/mol. The summed E-state index contributed by atoms with van der Waals surface area (Å²) in [4.78, 5) is 23.4. The summed E-state index contributed by atoms with van der Waals surface area (Å²) in [6.07, 6.45) is 0. The van der Waals surface area contributed by atoms with Gasteiger partial charge in [-0.1, -0.05) is 0 Å². The lowest BCUT2D eigenvalue weighted by molar-refractivity contribution is -0.384. The van der Waals surface area contributed by atoms with Crippen molar-refractivity contribution < 1.29 is 9.72 Å². The van der Waals surface area contributed by atoms with Crippen LogP contribution in [0.25, 0.3) is 0 Å². The number of hydrogen-bond donors (Lipinski definition) is 0. The molecule has 0 saturated heterocycles. The summed E-state index contributed by atoms with van der Waals surface area (Å²) in [5.41, 5.74) is 0.578. The number of nitriles is 1. The standard InChI is InChI=1S/C13H15N3O3/c1-9(7-14)8-15(3)12-5-4-11(10(2)17)6-13(12)16(18)19/h4-6,9H,8H2,1-3H3. The lowest BCUT2D eigenvalue weighted by atomic mass is 10.1. The van der Waals surface area contributed by atoms with Crippen molar-refractivity contribution in [2.24, 2.45) is 5.92 Å². The number of nitro benzene ring substituents is 1. The summed E-state index contributed by atoms with van der Waals surface area (Å²) >= 11 is 0. The minimum atomic E-state index is -0.519. The average Bonchev–Trinajstić information content (AvgIpc) is 2.37. The molecule has 0 aromatic heterocycles. The highest BCUT2D eigenvalue weighted by atomic mass is 16.6. The Morgan fingerprint density at radius 2 is 2.21 bits per heavy atom. The molecule has 1 rings (SSSR count). The van der Waals surface area contributed by atoms with Crippen molar-refractivity contribution in [2.45, 2.75) is 13.8 Å². The zero-order valence-corrected chi connectivity index (χ0v) is 11.1. The van der Waals surface area contributed by atoms with Gasteiger partial charge in [0.1, 0.15) is 5.69 Å². The molecule has 0 heterocycles. The first kappa shape index (κ1) is 14.6. The molecule has 0 N–H and O–H groups in total. The molecule has 1 aromatic carbocycles. The molecule has 1 atom stereocenters. The van der Waals surface area contributed by atoms with Crippen LogP contribution < -0.4 is 4.90 Å². The van der Waals surface area contributed by atoms with Crippen LogP contribution in [0.2, 0.25) is 0 Å². The van der Waals surface area contributed by atoms with E-state index in [1.807, 2.05) is 0 Å². The van der Waals surface area contributed by atoms with Crippen molar-refractivity contribution in [3.63, 3.8) is 0 Å². The van der Waals surface area contributed by atoms with Gasteiger partial charge in [0.25, 0.3) is 5.69 Å². The van der Waals surface area contributed by atoms with Gasteiger partial charge in [0.05, 0.1) is 16.9 Å². The third kappa shape index (κ3) is 3.52. The number of nitrogens with zero attached hydrogens (tertiary/aromatic N) is 3. The quantitative estimate of drug-likeness (QED) is 0.461. The number of rotatable bonds is 5. The maximum atomic E-state index is 11.2. The number of ketones is 1. The van der Waals surface area contributed by atoms with Gasteiger partial charge < -0.3 is 4.90 Å². The Morgan fingerprint density at radius 3 is 2.68 bits per heavy atom. The summed E-state index contributed by atoms with van der Waals surface area (Å²) in [6, 6.07) is 6.44. The van der Waals surface area contributed by atoms with Crippen LogP contribution in [0, 0.1) is 27.4 Å². The largest absolute Gasteiger partial charge is 0.368 e. The Labute approximate surface area is 111 Å². The van der Waals surface area contributed by atoms with E-state index in [-0.39, 0.29) is 17.4 Å². The van der Waals surface area contributed by atoms with Gasteiger partial charge >= 0.3 is 0 Å². The highest BCUT2D eigenvalue weighted by Crippen LogP contribution is 2.29. The molecular weight excluding hydrogens is 246 g/mol. The fraction of sp³-hybridized carbons (Fsp3) is 0.385. The van der Waals surface area contributed by atoms with Crippen LogP contribution >= 0.6 is 0 Å². The van der Waals surface area contributed by atoms with Gasteiger partial charge in [0.15, 0.2) is 5.78 Å². The van der Waals surface area contributed by atoms with Crippen LogP contribution in [0.1, 0.15) is 24.2 Å². The second kappa shape index (κ2) is 5.96. The lowest BCUT2D eigenvalue weighted by Gasteiger charge is -2.20.